The van der Waals surface area contributed by atoms with Gasteiger partial charge in [0.1, 0.15) is 0 Å². The van der Waals surface area contributed by atoms with Crippen LogP contribution in [0.3, 0.4) is 0 Å². The number of esters is 1. The number of benzene rings is 1. The zero-order valence-corrected chi connectivity index (χ0v) is 10.8. The van der Waals surface area contributed by atoms with Gasteiger partial charge in [0.05, 0.1) is 21.5 Å². The van der Waals surface area contributed by atoms with Crippen LogP contribution in [0.2, 0.25) is 0 Å². The van der Waals surface area contributed by atoms with Crippen molar-refractivity contribution in [2.24, 2.45) is 0 Å². The van der Waals surface area contributed by atoms with Crippen LogP contribution in [-0.4, -0.2) is 17.5 Å². The SMILES string of the molecule is CCOC(=O)Cc1ccc(I)c([N+](=O)[O-])c1. The largest absolute Gasteiger partial charge is 0.466 e. The highest BCUT2D eigenvalue weighted by Gasteiger charge is 2.13. The molecule has 1 aromatic rings. The van der Waals surface area contributed by atoms with E-state index in [1.54, 1.807) is 19.1 Å². The van der Waals surface area contributed by atoms with E-state index in [1.165, 1.54) is 6.07 Å². The molecule has 0 unspecified atom stereocenters. The van der Waals surface area contributed by atoms with E-state index in [9.17, 15) is 14.9 Å². The van der Waals surface area contributed by atoms with E-state index in [4.69, 9.17) is 4.74 Å². The average Bonchev–Trinajstić information content (AvgIpc) is 2.21. The van der Waals surface area contributed by atoms with Crippen LogP contribution >= 0.6 is 22.6 Å². The van der Waals surface area contributed by atoms with Gasteiger partial charge in [0.2, 0.25) is 0 Å². The Hall–Kier alpha value is -1.18. The maximum atomic E-state index is 11.2. The Morgan fingerprint density at radius 3 is 2.81 bits per heavy atom. The van der Waals surface area contributed by atoms with Crippen molar-refractivity contribution in [3.63, 3.8) is 0 Å². The number of rotatable bonds is 4. The van der Waals surface area contributed by atoms with Crippen LogP contribution in [-0.2, 0) is 16.0 Å². The number of halogens is 1. The third kappa shape index (κ3) is 3.44. The topological polar surface area (TPSA) is 69.4 Å². The second kappa shape index (κ2) is 5.78. The molecule has 0 saturated carbocycles. The van der Waals surface area contributed by atoms with Gasteiger partial charge in [-0.05, 0) is 41.1 Å². The highest BCUT2D eigenvalue weighted by Crippen LogP contribution is 2.22. The highest BCUT2D eigenvalue weighted by atomic mass is 127. The summed E-state index contributed by atoms with van der Waals surface area (Å²) < 4.78 is 5.32. The lowest BCUT2D eigenvalue weighted by Crippen LogP contribution is -2.07. The van der Waals surface area contributed by atoms with Gasteiger partial charge in [0.15, 0.2) is 0 Å². The van der Waals surface area contributed by atoms with Gasteiger partial charge in [0.25, 0.3) is 5.69 Å². The summed E-state index contributed by atoms with van der Waals surface area (Å²) in [6, 6.07) is 4.71. The molecule has 16 heavy (non-hydrogen) atoms. The molecule has 0 atom stereocenters. The van der Waals surface area contributed by atoms with Gasteiger partial charge in [-0.25, -0.2) is 0 Å². The van der Waals surface area contributed by atoms with Crippen molar-refractivity contribution in [3.05, 3.63) is 37.4 Å². The Labute approximate surface area is 106 Å². The zero-order chi connectivity index (χ0) is 12.1. The third-order valence-electron chi connectivity index (χ3n) is 1.86. The lowest BCUT2D eigenvalue weighted by molar-refractivity contribution is -0.385. The van der Waals surface area contributed by atoms with Crippen LogP contribution in [0.1, 0.15) is 12.5 Å². The standard InChI is InChI=1S/C10H10INO4/c1-2-16-10(13)6-7-3-4-8(11)9(5-7)12(14)15/h3-5H,2,6H2,1H3. The molecule has 6 heteroatoms. The van der Waals surface area contributed by atoms with Gasteiger partial charge in [-0.2, -0.15) is 0 Å². The summed E-state index contributed by atoms with van der Waals surface area (Å²) in [6.45, 7) is 2.03. The fourth-order valence-electron chi connectivity index (χ4n) is 1.19. The van der Waals surface area contributed by atoms with E-state index in [0.29, 0.717) is 15.7 Å². The molecule has 0 aliphatic heterocycles. The summed E-state index contributed by atoms with van der Waals surface area (Å²) in [7, 11) is 0. The van der Waals surface area contributed by atoms with Crippen LogP contribution in [0.25, 0.3) is 0 Å². The first-order valence-corrected chi connectivity index (χ1v) is 5.71. The van der Waals surface area contributed by atoms with E-state index in [0.717, 1.165) is 0 Å². The fourth-order valence-corrected chi connectivity index (χ4v) is 1.72. The number of nitrogens with zero attached hydrogens (tertiary/aromatic N) is 1. The monoisotopic (exact) mass is 335 g/mol. The van der Waals surface area contributed by atoms with Gasteiger partial charge in [-0.15, -0.1) is 0 Å². The van der Waals surface area contributed by atoms with Crippen molar-refractivity contribution in [2.75, 3.05) is 6.61 Å². The lowest BCUT2D eigenvalue weighted by atomic mass is 10.1. The van der Waals surface area contributed by atoms with Gasteiger partial charge < -0.3 is 4.74 Å². The molecule has 0 heterocycles. The second-order valence-electron chi connectivity index (χ2n) is 3.02. The Bertz CT molecular complexity index is 419. The number of carbonyl (C=O) groups is 1. The first kappa shape index (κ1) is 12.9. The van der Waals surface area contributed by atoms with Gasteiger partial charge in [0, 0.05) is 6.07 Å². The number of nitro groups is 1. The summed E-state index contributed by atoms with van der Waals surface area (Å²) >= 11 is 1.88. The Morgan fingerprint density at radius 2 is 2.25 bits per heavy atom. The minimum atomic E-state index is -0.462. The second-order valence-corrected chi connectivity index (χ2v) is 4.19. The minimum Gasteiger partial charge on any atom is -0.466 e. The Balaban J connectivity index is 2.87. The Morgan fingerprint density at radius 1 is 1.56 bits per heavy atom. The summed E-state index contributed by atoms with van der Waals surface area (Å²) in [4.78, 5) is 21.4. The maximum absolute atomic E-state index is 11.2. The number of hydrogen-bond donors (Lipinski definition) is 0. The number of hydrogen-bond acceptors (Lipinski definition) is 4. The van der Waals surface area contributed by atoms with Gasteiger partial charge >= 0.3 is 5.97 Å². The summed E-state index contributed by atoms with van der Waals surface area (Å²) in [5, 5.41) is 10.7. The van der Waals surface area contributed by atoms with Crippen LogP contribution in [0.15, 0.2) is 18.2 Å². The molecule has 0 amide bonds. The van der Waals surface area contributed by atoms with Crippen molar-refractivity contribution in [2.45, 2.75) is 13.3 Å². The molecule has 5 nitrogen and oxygen atoms in total. The maximum Gasteiger partial charge on any atom is 0.310 e. The molecule has 1 rings (SSSR count). The third-order valence-corrected chi connectivity index (χ3v) is 2.77. The summed E-state index contributed by atoms with van der Waals surface area (Å²) in [5.41, 5.74) is 0.605. The molecule has 0 saturated heterocycles. The molecule has 1 aromatic carbocycles. The van der Waals surface area contributed by atoms with E-state index in [2.05, 4.69) is 0 Å². The van der Waals surface area contributed by atoms with E-state index in [-0.39, 0.29) is 18.1 Å². The van der Waals surface area contributed by atoms with Crippen LogP contribution in [0, 0.1) is 13.7 Å². The molecule has 0 fully saturated rings. The van der Waals surface area contributed by atoms with Crippen molar-refractivity contribution < 1.29 is 14.5 Å². The van der Waals surface area contributed by atoms with E-state index in [1.807, 2.05) is 22.6 Å². The van der Waals surface area contributed by atoms with Gasteiger partial charge in [-0.3, -0.25) is 14.9 Å². The van der Waals surface area contributed by atoms with E-state index >= 15 is 0 Å². The molecular weight excluding hydrogens is 325 g/mol. The fraction of sp³-hybridized carbons (Fsp3) is 0.300. The molecular formula is C10H10INO4. The predicted octanol–water partition coefficient (Wildman–Crippen LogP) is 2.31. The summed E-state index contributed by atoms with van der Waals surface area (Å²) in [6.07, 6.45) is 0.0611. The molecule has 86 valence electrons. The molecule has 0 aromatic heterocycles. The molecule has 0 N–H and O–H groups in total. The summed E-state index contributed by atoms with van der Waals surface area (Å²) in [5.74, 6) is -0.377. The molecule has 0 spiro atoms. The molecule has 0 bridgehead atoms. The number of nitro benzene ring substituents is 1. The minimum absolute atomic E-state index is 0.0161. The smallest absolute Gasteiger partial charge is 0.310 e. The lowest BCUT2D eigenvalue weighted by Gasteiger charge is -2.02. The Kier molecular flexibility index (Phi) is 4.66. The quantitative estimate of drug-likeness (QED) is 0.366. The predicted molar refractivity (Wildman–Crippen MR) is 66.2 cm³/mol. The van der Waals surface area contributed by atoms with Crippen LogP contribution in [0.5, 0.6) is 0 Å². The van der Waals surface area contributed by atoms with Crippen molar-refractivity contribution in [1.82, 2.24) is 0 Å². The van der Waals surface area contributed by atoms with Crippen LogP contribution in [0.4, 0.5) is 5.69 Å². The van der Waals surface area contributed by atoms with Crippen molar-refractivity contribution >= 4 is 34.2 Å². The van der Waals surface area contributed by atoms with E-state index < -0.39 is 4.92 Å². The van der Waals surface area contributed by atoms with Gasteiger partial charge in [-0.1, -0.05) is 6.07 Å². The zero-order valence-electron chi connectivity index (χ0n) is 8.60. The van der Waals surface area contributed by atoms with Crippen molar-refractivity contribution in [3.8, 4) is 0 Å². The number of ether oxygens (including phenoxy) is 1. The first-order valence-electron chi connectivity index (χ1n) is 4.63. The first-order chi connectivity index (χ1) is 7.54. The molecule has 0 radical (unpaired) electrons. The molecule has 0 aliphatic carbocycles. The highest BCUT2D eigenvalue weighted by molar-refractivity contribution is 14.1. The average molecular weight is 335 g/mol. The van der Waals surface area contributed by atoms with Crippen molar-refractivity contribution in [1.29, 1.82) is 0 Å². The van der Waals surface area contributed by atoms with Crippen LogP contribution < -0.4 is 0 Å². The number of carbonyl (C=O) groups excluding carboxylic acids is 1. The normalized spacial score (nSPS) is 9.88. The molecule has 0 aliphatic rings.